The third-order valence-corrected chi connectivity index (χ3v) is 4.15. The topological polar surface area (TPSA) is 24.5 Å². The minimum Gasteiger partial charge on any atom is -0.492 e. The summed E-state index contributed by atoms with van der Waals surface area (Å²) >= 11 is 0. The van der Waals surface area contributed by atoms with Crippen LogP contribution in [-0.2, 0) is 6.54 Å². The van der Waals surface area contributed by atoms with E-state index in [4.69, 9.17) is 4.74 Å². The van der Waals surface area contributed by atoms with E-state index >= 15 is 0 Å². The van der Waals surface area contributed by atoms with E-state index in [1.807, 2.05) is 0 Å². The first kappa shape index (κ1) is 17.1. The van der Waals surface area contributed by atoms with Crippen molar-refractivity contribution in [3.05, 3.63) is 23.8 Å². The second-order valence-electron chi connectivity index (χ2n) is 6.66. The molecule has 0 atom stereocenters. The molecule has 22 heavy (non-hydrogen) atoms. The minimum atomic E-state index is 0.683. The zero-order valence-electron chi connectivity index (χ0n) is 14.5. The fourth-order valence-electron chi connectivity index (χ4n) is 3.02. The van der Waals surface area contributed by atoms with Crippen molar-refractivity contribution in [3.63, 3.8) is 0 Å². The summed E-state index contributed by atoms with van der Waals surface area (Å²) in [5.41, 5.74) is 2.58. The lowest BCUT2D eigenvalue weighted by Crippen LogP contribution is -2.25. The molecule has 1 fully saturated rings. The Morgan fingerprint density at radius 1 is 1.14 bits per heavy atom. The Morgan fingerprint density at radius 3 is 2.50 bits per heavy atom. The van der Waals surface area contributed by atoms with Crippen LogP contribution in [0, 0.1) is 5.92 Å². The lowest BCUT2D eigenvalue weighted by molar-refractivity contribution is 0.340. The summed E-state index contributed by atoms with van der Waals surface area (Å²) in [4.78, 5) is 2.50. The molecule has 124 valence electrons. The number of benzene rings is 1. The third-order valence-electron chi connectivity index (χ3n) is 4.15. The van der Waals surface area contributed by atoms with Crippen molar-refractivity contribution in [2.75, 3.05) is 31.1 Å². The fraction of sp³-hybridized carbons (Fsp3) is 0.684. The standard InChI is InChI=1S/C19H32N2O/c1-4-22-19-13-17(15-20-14-16(2)3)9-10-18(19)21-11-7-5-6-8-12-21/h9-10,13,16,20H,4-8,11-12,14-15H2,1-3H3. The minimum absolute atomic E-state index is 0.683. The van der Waals surface area contributed by atoms with Gasteiger partial charge in [0, 0.05) is 19.6 Å². The number of ether oxygens (including phenoxy) is 1. The first-order chi connectivity index (χ1) is 10.7. The molecule has 1 aromatic carbocycles. The van der Waals surface area contributed by atoms with Crippen molar-refractivity contribution in [3.8, 4) is 5.75 Å². The lowest BCUT2D eigenvalue weighted by atomic mass is 10.1. The van der Waals surface area contributed by atoms with Crippen LogP contribution in [0.1, 0.15) is 52.0 Å². The van der Waals surface area contributed by atoms with Gasteiger partial charge in [-0.25, -0.2) is 0 Å². The molecule has 0 radical (unpaired) electrons. The van der Waals surface area contributed by atoms with Crippen molar-refractivity contribution in [2.45, 2.75) is 53.0 Å². The van der Waals surface area contributed by atoms with Gasteiger partial charge in [0.25, 0.3) is 0 Å². The summed E-state index contributed by atoms with van der Waals surface area (Å²) in [7, 11) is 0. The van der Waals surface area contributed by atoms with Gasteiger partial charge in [0.2, 0.25) is 0 Å². The Labute approximate surface area is 136 Å². The van der Waals surface area contributed by atoms with Crippen molar-refractivity contribution in [1.29, 1.82) is 0 Å². The molecular weight excluding hydrogens is 272 g/mol. The van der Waals surface area contributed by atoms with Gasteiger partial charge in [-0.3, -0.25) is 0 Å². The predicted molar refractivity (Wildman–Crippen MR) is 94.8 cm³/mol. The first-order valence-electron chi connectivity index (χ1n) is 8.92. The van der Waals surface area contributed by atoms with Crippen LogP contribution in [0.15, 0.2) is 18.2 Å². The second kappa shape index (κ2) is 9.04. The molecule has 1 heterocycles. The fourth-order valence-corrected chi connectivity index (χ4v) is 3.02. The quantitative estimate of drug-likeness (QED) is 0.816. The molecule has 1 saturated heterocycles. The van der Waals surface area contributed by atoms with E-state index in [9.17, 15) is 0 Å². The SMILES string of the molecule is CCOc1cc(CNCC(C)C)ccc1N1CCCCCC1. The Kier molecular flexibility index (Phi) is 7.04. The number of hydrogen-bond donors (Lipinski definition) is 1. The van der Waals surface area contributed by atoms with Gasteiger partial charge in [0.05, 0.1) is 12.3 Å². The van der Waals surface area contributed by atoms with E-state index in [-0.39, 0.29) is 0 Å². The van der Waals surface area contributed by atoms with Crippen LogP contribution >= 0.6 is 0 Å². The second-order valence-corrected chi connectivity index (χ2v) is 6.66. The smallest absolute Gasteiger partial charge is 0.142 e. The molecule has 1 aliphatic rings. The Hall–Kier alpha value is -1.22. The molecule has 0 spiro atoms. The van der Waals surface area contributed by atoms with Crippen molar-refractivity contribution in [2.24, 2.45) is 5.92 Å². The van der Waals surface area contributed by atoms with E-state index < -0.39 is 0 Å². The van der Waals surface area contributed by atoms with Crippen molar-refractivity contribution in [1.82, 2.24) is 5.32 Å². The summed E-state index contributed by atoms with van der Waals surface area (Å²) in [6.45, 7) is 11.5. The zero-order valence-corrected chi connectivity index (χ0v) is 14.5. The highest BCUT2D eigenvalue weighted by atomic mass is 16.5. The maximum absolute atomic E-state index is 5.93. The number of hydrogen-bond acceptors (Lipinski definition) is 3. The number of anilines is 1. The summed E-state index contributed by atoms with van der Waals surface area (Å²) in [5.74, 6) is 1.73. The Balaban J connectivity index is 2.08. The summed E-state index contributed by atoms with van der Waals surface area (Å²) in [6, 6.07) is 6.72. The molecule has 0 aromatic heterocycles. The Morgan fingerprint density at radius 2 is 1.86 bits per heavy atom. The number of nitrogens with one attached hydrogen (secondary N) is 1. The van der Waals surface area contributed by atoms with Gasteiger partial charge < -0.3 is 15.0 Å². The molecule has 1 aliphatic heterocycles. The van der Waals surface area contributed by atoms with E-state index in [1.165, 1.54) is 36.9 Å². The molecule has 1 aromatic rings. The van der Waals surface area contributed by atoms with Crippen LogP contribution in [0.2, 0.25) is 0 Å². The van der Waals surface area contributed by atoms with Gasteiger partial charge in [0.15, 0.2) is 0 Å². The zero-order chi connectivity index (χ0) is 15.8. The van der Waals surface area contributed by atoms with Crippen LogP contribution in [0.5, 0.6) is 5.75 Å². The average Bonchev–Trinajstić information content (AvgIpc) is 2.76. The van der Waals surface area contributed by atoms with Gasteiger partial charge in [-0.15, -0.1) is 0 Å². The molecule has 1 N–H and O–H groups in total. The molecule has 0 unspecified atom stereocenters. The molecule has 0 aliphatic carbocycles. The van der Waals surface area contributed by atoms with Crippen LogP contribution in [0.4, 0.5) is 5.69 Å². The highest BCUT2D eigenvalue weighted by Gasteiger charge is 2.15. The van der Waals surface area contributed by atoms with E-state index in [0.29, 0.717) is 5.92 Å². The highest BCUT2D eigenvalue weighted by Crippen LogP contribution is 2.31. The van der Waals surface area contributed by atoms with E-state index in [1.54, 1.807) is 0 Å². The van der Waals surface area contributed by atoms with Gasteiger partial charge in [-0.2, -0.15) is 0 Å². The third kappa shape index (κ3) is 5.20. The lowest BCUT2D eigenvalue weighted by Gasteiger charge is -2.25. The van der Waals surface area contributed by atoms with Gasteiger partial charge in [-0.05, 0) is 49.9 Å². The molecular formula is C19H32N2O. The maximum Gasteiger partial charge on any atom is 0.142 e. The largest absolute Gasteiger partial charge is 0.492 e. The van der Waals surface area contributed by atoms with Crippen LogP contribution in [0.25, 0.3) is 0 Å². The average molecular weight is 304 g/mol. The predicted octanol–water partition coefficient (Wildman–Crippen LogP) is 4.21. The maximum atomic E-state index is 5.93. The van der Waals surface area contributed by atoms with E-state index in [2.05, 4.69) is 49.2 Å². The van der Waals surface area contributed by atoms with Crippen molar-refractivity contribution < 1.29 is 4.74 Å². The molecule has 3 nitrogen and oxygen atoms in total. The van der Waals surface area contributed by atoms with Gasteiger partial charge in [-0.1, -0.05) is 32.8 Å². The normalized spacial score (nSPS) is 15.9. The molecule has 0 amide bonds. The summed E-state index contributed by atoms with van der Waals surface area (Å²) < 4.78 is 5.93. The number of nitrogens with zero attached hydrogens (tertiary/aromatic N) is 1. The van der Waals surface area contributed by atoms with Gasteiger partial charge in [0.1, 0.15) is 5.75 Å². The van der Waals surface area contributed by atoms with Crippen molar-refractivity contribution >= 4 is 5.69 Å². The molecule has 3 heteroatoms. The molecule has 2 rings (SSSR count). The molecule has 0 saturated carbocycles. The van der Waals surface area contributed by atoms with Crippen LogP contribution in [-0.4, -0.2) is 26.2 Å². The first-order valence-corrected chi connectivity index (χ1v) is 8.92. The monoisotopic (exact) mass is 304 g/mol. The summed E-state index contributed by atoms with van der Waals surface area (Å²) in [5, 5.41) is 3.51. The number of rotatable bonds is 7. The summed E-state index contributed by atoms with van der Waals surface area (Å²) in [6.07, 6.45) is 5.31. The van der Waals surface area contributed by atoms with Crippen LogP contribution < -0.4 is 15.0 Å². The van der Waals surface area contributed by atoms with Gasteiger partial charge >= 0.3 is 0 Å². The van der Waals surface area contributed by atoms with Crippen LogP contribution in [0.3, 0.4) is 0 Å². The Bertz CT molecular complexity index is 437. The van der Waals surface area contributed by atoms with E-state index in [0.717, 1.165) is 38.5 Å². The highest BCUT2D eigenvalue weighted by molar-refractivity contribution is 5.60. The molecule has 0 bridgehead atoms.